The lowest BCUT2D eigenvalue weighted by Gasteiger charge is -2.48. The molecule has 0 saturated carbocycles. The Hall–Kier alpha value is -0.610. The molecule has 0 aromatic heterocycles. The Morgan fingerprint density at radius 2 is 1.84 bits per heavy atom. The molecule has 0 aliphatic carbocycles. The topological polar surface area (TPSA) is 58.6 Å². The van der Waals surface area contributed by atoms with E-state index in [4.69, 9.17) is 5.26 Å². The van der Waals surface area contributed by atoms with Crippen LogP contribution in [0.2, 0.25) is 0 Å². The fraction of sp³-hybridized carbons (Fsp3) is 0.933. The Morgan fingerprint density at radius 1 is 1.32 bits per heavy atom. The third-order valence-electron chi connectivity index (χ3n) is 4.05. The van der Waals surface area contributed by atoms with E-state index < -0.39 is 5.97 Å². The minimum absolute atomic E-state index is 0.00656. The van der Waals surface area contributed by atoms with E-state index in [1.165, 1.54) is 0 Å². The molecule has 1 heterocycles. The standard InChI is InChI=1S/C15H29NO3/c1-6-7-8-12(13(17)19-18)11-9-14(2,3)16-15(4,5)10-11/h11-12,16,18H,6-10H2,1-5H3. The maximum atomic E-state index is 11.8. The van der Waals surface area contributed by atoms with Crippen molar-refractivity contribution in [3.63, 3.8) is 0 Å². The lowest BCUT2D eigenvalue weighted by Crippen LogP contribution is -2.59. The summed E-state index contributed by atoms with van der Waals surface area (Å²) >= 11 is 0. The fourth-order valence-electron chi connectivity index (χ4n) is 3.72. The maximum absolute atomic E-state index is 11.8. The third kappa shape index (κ3) is 4.77. The molecule has 0 bridgehead atoms. The van der Waals surface area contributed by atoms with Crippen LogP contribution in [-0.2, 0) is 9.68 Å². The number of hydrogen-bond donors (Lipinski definition) is 2. The van der Waals surface area contributed by atoms with E-state index in [2.05, 4.69) is 44.8 Å². The summed E-state index contributed by atoms with van der Waals surface area (Å²) in [7, 11) is 0. The molecule has 0 aromatic carbocycles. The van der Waals surface area contributed by atoms with Crippen molar-refractivity contribution in [1.29, 1.82) is 0 Å². The second-order valence-electron chi connectivity index (χ2n) is 7.22. The van der Waals surface area contributed by atoms with Crippen LogP contribution in [0.25, 0.3) is 0 Å². The largest absolute Gasteiger partial charge is 0.345 e. The highest BCUT2D eigenvalue weighted by Crippen LogP contribution is 2.39. The second-order valence-corrected chi connectivity index (χ2v) is 7.22. The number of carbonyl (C=O) groups is 1. The van der Waals surface area contributed by atoms with Gasteiger partial charge in [-0.25, -0.2) is 4.79 Å². The molecule has 0 radical (unpaired) electrons. The maximum Gasteiger partial charge on any atom is 0.345 e. The van der Waals surface area contributed by atoms with Gasteiger partial charge in [-0.15, -0.1) is 0 Å². The highest BCUT2D eigenvalue weighted by molar-refractivity contribution is 5.72. The number of unbranched alkanes of at least 4 members (excludes halogenated alkanes) is 1. The number of piperidine rings is 1. The Morgan fingerprint density at radius 3 is 2.26 bits per heavy atom. The molecule has 1 unspecified atom stereocenters. The van der Waals surface area contributed by atoms with E-state index in [-0.39, 0.29) is 22.9 Å². The first-order valence-electron chi connectivity index (χ1n) is 7.35. The van der Waals surface area contributed by atoms with Gasteiger partial charge in [0.2, 0.25) is 0 Å². The van der Waals surface area contributed by atoms with Gasteiger partial charge in [0, 0.05) is 11.1 Å². The lowest BCUT2D eigenvalue weighted by atomic mass is 9.69. The predicted molar refractivity (Wildman–Crippen MR) is 75.8 cm³/mol. The number of nitrogens with one attached hydrogen (secondary N) is 1. The molecule has 0 amide bonds. The summed E-state index contributed by atoms with van der Waals surface area (Å²) in [4.78, 5) is 15.9. The minimum Gasteiger partial charge on any atom is -0.307 e. The van der Waals surface area contributed by atoms with Crippen molar-refractivity contribution in [3.05, 3.63) is 0 Å². The molecule has 1 aliphatic heterocycles. The zero-order valence-corrected chi connectivity index (χ0v) is 13.0. The summed E-state index contributed by atoms with van der Waals surface area (Å²) in [5.74, 6) is -0.394. The molecule has 1 aliphatic rings. The highest BCUT2D eigenvalue weighted by Gasteiger charge is 2.42. The van der Waals surface area contributed by atoms with Gasteiger partial charge in [-0.05, 0) is 52.9 Å². The molecule has 19 heavy (non-hydrogen) atoms. The molecule has 4 nitrogen and oxygen atoms in total. The van der Waals surface area contributed by atoms with Gasteiger partial charge >= 0.3 is 5.97 Å². The van der Waals surface area contributed by atoms with Gasteiger partial charge in [-0.1, -0.05) is 19.8 Å². The summed E-state index contributed by atoms with van der Waals surface area (Å²) in [5.41, 5.74) is 0.0131. The summed E-state index contributed by atoms with van der Waals surface area (Å²) in [6, 6.07) is 0. The van der Waals surface area contributed by atoms with E-state index in [1.807, 2.05) is 0 Å². The van der Waals surface area contributed by atoms with Crippen LogP contribution in [-0.4, -0.2) is 22.3 Å². The first kappa shape index (κ1) is 16.4. The SMILES string of the molecule is CCCCC(C(=O)OO)C1CC(C)(C)NC(C)(C)C1. The van der Waals surface area contributed by atoms with E-state index in [1.54, 1.807) is 0 Å². The Balaban J connectivity index is 2.85. The average Bonchev–Trinajstić information content (AvgIpc) is 2.25. The van der Waals surface area contributed by atoms with E-state index in [0.29, 0.717) is 0 Å². The summed E-state index contributed by atoms with van der Waals surface area (Å²) in [6.45, 7) is 10.8. The lowest BCUT2D eigenvalue weighted by molar-refractivity contribution is -0.241. The summed E-state index contributed by atoms with van der Waals surface area (Å²) in [5, 5.41) is 12.3. The number of rotatable bonds is 5. The third-order valence-corrected chi connectivity index (χ3v) is 4.05. The van der Waals surface area contributed by atoms with Crippen molar-refractivity contribution < 1.29 is 14.9 Å². The van der Waals surface area contributed by atoms with Crippen molar-refractivity contribution in [3.8, 4) is 0 Å². The van der Waals surface area contributed by atoms with Crippen LogP contribution in [0, 0.1) is 11.8 Å². The molecule has 0 aromatic rings. The molecule has 2 N–H and O–H groups in total. The first-order chi connectivity index (χ1) is 8.71. The van der Waals surface area contributed by atoms with Crippen LogP contribution < -0.4 is 5.32 Å². The van der Waals surface area contributed by atoms with Gasteiger partial charge in [0.05, 0.1) is 5.92 Å². The Labute approximate surface area is 116 Å². The van der Waals surface area contributed by atoms with E-state index in [9.17, 15) is 4.79 Å². The molecule has 1 fully saturated rings. The van der Waals surface area contributed by atoms with E-state index in [0.717, 1.165) is 32.1 Å². The van der Waals surface area contributed by atoms with Gasteiger partial charge < -0.3 is 10.2 Å². The first-order valence-corrected chi connectivity index (χ1v) is 7.35. The molecular weight excluding hydrogens is 242 g/mol. The number of carbonyl (C=O) groups excluding carboxylic acids is 1. The van der Waals surface area contributed by atoms with Crippen LogP contribution in [0.5, 0.6) is 0 Å². The molecule has 1 atom stereocenters. The van der Waals surface area contributed by atoms with Crippen LogP contribution >= 0.6 is 0 Å². The normalized spacial score (nSPS) is 23.9. The Kier molecular flexibility index (Phi) is 5.39. The molecule has 4 heteroatoms. The van der Waals surface area contributed by atoms with Crippen molar-refractivity contribution in [2.24, 2.45) is 11.8 Å². The van der Waals surface area contributed by atoms with Gasteiger partial charge in [0.25, 0.3) is 0 Å². The van der Waals surface area contributed by atoms with Crippen LogP contribution in [0.4, 0.5) is 0 Å². The average molecular weight is 271 g/mol. The minimum atomic E-state index is -0.466. The van der Waals surface area contributed by atoms with Crippen LogP contribution in [0.1, 0.15) is 66.7 Å². The monoisotopic (exact) mass is 271 g/mol. The molecule has 1 rings (SSSR count). The van der Waals surface area contributed by atoms with Crippen molar-refractivity contribution in [2.75, 3.05) is 0 Å². The van der Waals surface area contributed by atoms with Gasteiger partial charge in [0.15, 0.2) is 0 Å². The fourth-order valence-corrected chi connectivity index (χ4v) is 3.72. The van der Waals surface area contributed by atoms with Crippen molar-refractivity contribution in [1.82, 2.24) is 5.32 Å². The Bertz CT molecular complexity index is 297. The summed E-state index contributed by atoms with van der Waals surface area (Å²) in [6.07, 6.45) is 4.70. The molecular formula is C15H29NO3. The van der Waals surface area contributed by atoms with Crippen molar-refractivity contribution in [2.45, 2.75) is 77.8 Å². The second kappa shape index (κ2) is 6.23. The van der Waals surface area contributed by atoms with Crippen molar-refractivity contribution >= 4 is 5.97 Å². The molecule has 112 valence electrons. The predicted octanol–water partition coefficient (Wildman–Crippen LogP) is 3.37. The summed E-state index contributed by atoms with van der Waals surface area (Å²) < 4.78 is 0. The van der Waals surface area contributed by atoms with Crippen LogP contribution in [0.15, 0.2) is 0 Å². The van der Waals surface area contributed by atoms with Crippen LogP contribution in [0.3, 0.4) is 0 Å². The van der Waals surface area contributed by atoms with Gasteiger partial charge in [0.1, 0.15) is 0 Å². The number of hydrogen-bond acceptors (Lipinski definition) is 4. The molecule has 0 spiro atoms. The zero-order chi connectivity index (χ0) is 14.7. The zero-order valence-electron chi connectivity index (χ0n) is 13.0. The van der Waals surface area contributed by atoms with E-state index >= 15 is 0 Å². The smallest absolute Gasteiger partial charge is 0.307 e. The van der Waals surface area contributed by atoms with Gasteiger partial charge in [-0.2, -0.15) is 5.26 Å². The molecule has 1 saturated heterocycles. The highest BCUT2D eigenvalue weighted by atomic mass is 17.1. The quantitative estimate of drug-likeness (QED) is 0.594. The van der Waals surface area contributed by atoms with Gasteiger partial charge in [-0.3, -0.25) is 0 Å².